The second-order valence-electron chi connectivity index (χ2n) is 4.85. The lowest BCUT2D eigenvalue weighted by molar-refractivity contribution is 0.0965. The normalized spacial score (nSPS) is 10.5. The Bertz CT molecular complexity index is 828. The molecule has 0 aliphatic carbocycles. The van der Waals surface area contributed by atoms with Gasteiger partial charge in [-0.3, -0.25) is 4.79 Å². The van der Waals surface area contributed by atoms with Crippen molar-refractivity contribution in [2.24, 2.45) is 5.73 Å². The van der Waals surface area contributed by atoms with E-state index < -0.39 is 5.91 Å². The monoisotopic (exact) mass is 420 g/mol. The van der Waals surface area contributed by atoms with Crippen molar-refractivity contribution in [3.05, 3.63) is 69.5 Å². The minimum atomic E-state index is -0.638. The molecule has 116 valence electrons. The summed E-state index contributed by atoms with van der Waals surface area (Å²) in [4.78, 5) is 11.0. The number of nitrogens with two attached hydrogens (primary N) is 1. The third-order valence-electron chi connectivity index (χ3n) is 3.26. The number of halogens is 1. The van der Waals surface area contributed by atoms with E-state index in [0.29, 0.717) is 12.3 Å². The summed E-state index contributed by atoms with van der Waals surface area (Å²) in [6.45, 7) is 0.508. The van der Waals surface area contributed by atoms with Crippen molar-refractivity contribution in [1.29, 1.82) is 0 Å². The zero-order valence-corrected chi connectivity index (χ0v) is 14.2. The summed E-state index contributed by atoms with van der Waals surface area (Å²) < 4.78 is 11.8. The Labute approximate surface area is 146 Å². The smallest absolute Gasteiger partial charge is 0.287 e. The summed E-state index contributed by atoms with van der Waals surface area (Å²) in [7, 11) is 0. The molecule has 3 aromatic rings. The van der Waals surface area contributed by atoms with Gasteiger partial charge in [0.25, 0.3) is 5.91 Å². The summed E-state index contributed by atoms with van der Waals surface area (Å²) >= 11 is 2.29. The van der Waals surface area contributed by atoms with Gasteiger partial charge >= 0.3 is 0 Å². The van der Waals surface area contributed by atoms with Crippen molar-refractivity contribution in [1.82, 2.24) is 5.16 Å². The largest absolute Gasteiger partial charge is 0.489 e. The number of ether oxygens (including phenoxy) is 1. The molecule has 0 bridgehead atoms. The third kappa shape index (κ3) is 3.70. The summed E-state index contributed by atoms with van der Waals surface area (Å²) in [5.41, 5.74) is 7.66. The van der Waals surface area contributed by atoms with Crippen LogP contribution in [0.1, 0.15) is 16.1 Å². The Morgan fingerprint density at radius 2 is 1.91 bits per heavy atom. The minimum Gasteiger partial charge on any atom is -0.489 e. The number of nitrogens with zero attached hydrogens (tertiary/aromatic N) is 1. The summed E-state index contributed by atoms with van der Waals surface area (Å²) in [6, 6.07) is 17.0. The van der Waals surface area contributed by atoms with E-state index in [0.717, 1.165) is 16.9 Å². The highest BCUT2D eigenvalue weighted by molar-refractivity contribution is 14.1. The van der Waals surface area contributed by atoms with Gasteiger partial charge in [0.15, 0.2) is 0 Å². The molecule has 0 aliphatic rings. The van der Waals surface area contributed by atoms with E-state index in [1.165, 1.54) is 9.64 Å². The van der Waals surface area contributed by atoms with Gasteiger partial charge in [-0.2, -0.15) is 0 Å². The first kappa shape index (κ1) is 15.5. The standard InChI is InChI=1S/C17H13IN2O3/c18-14-4-2-1-3-12(14)10-22-13-7-5-11(6-8-13)15-9-16(17(19)21)23-20-15/h1-9H,10H2,(H2,19,21). The third-order valence-corrected chi connectivity index (χ3v) is 4.31. The molecule has 0 fully saturated rings. The Morgan fingerprint density at radius 1 is 1.17 bits per heavy atom. The highest BCUT2D eigenvalue weighted by atomic mass is 127. The number of hydrogen-bond donors (Lipinski definition) is 1. The van der Waals surface area contributed by atoms with Crippen molar-refractivity contribution in [2.75, 3.05) is 0 Å². The SMILES string of the molecule is NC(=O)c1cc(-c2ccc(OCc3ccccc3I)cc2)no1. The predicted octanol–water partition coefficient (Wildman–Crippen LogP) is 3.62. The fourth-order valence-electron chi connectivity index (χ4n) is 2.03. The Morgan fingerprint density at radius 3 is 2.57 bits per heavy atom. The van der Waals surface area contributed by atoms with Crippen LogP contribution >= 0.6 is 22.6 Å². The molecule has 2 aromatic carbocycles. The molecule has 0 unspecified atom stereocenters. The van der Waals surface area contributed by atoms with Crippen molar-refractivity contribution >= 4 is 28.5 Å². The van der Waals surface area contributed by atoms with Crippen LogP contribution in [-0.2, 0) is 6.61 Å². The van der Waals surface area contributed by atoms with Crippen molar-refractivity contribution in [2.45, 2.75) is 6.61 Å². The molecule has 0 saturated heterocycles. The lowest BCUT2D eigenvalue weighted by atomic mass is 10.1. The maximum absolute atomic E-state index is 11.0. The molecule has 1 amide bonds. The van der Waals surface area contributed by atoms with E-state index in [1.807, 2.05) is 48.5 Å². The van der Waals surface area contributed by atoms with E-state index in [2.05, 4.69) is 27.7 Å². The number of carbonyl (C=O) groups excluding carboxylic acids is 1. The van der Waals surface area contributed by atoms with Crippen molar-refractivity contribution in [3.8, 4) is 17.0 Å². The first-order chi connectivity index (χ1) is 11.1. The molecule has 2 N–H and O–H groups in total. The molecular weight excluding hydrogens is 407 g/mol. The lowest BCUT2D eigenvalue weighted by Gasteiger charge is -2.08. The van der Waals surface area contributed by atoms with Crippen molar-refractivity contribution in [3.63, 3.8) is 0 Å². The van der Waals surface area contributed by atoms with Crippen LogP contribution in [0.3, 0.4) is 0 Å². The fourth-order valence-corrected chi connectivity index (χ4v) is 2.57. The van der Waals surface area contributed by atoms with Gasteiger partial charge < -0.3 is 15.0 Å². The molecular formula is C17H13IN2O3. The van der Waals surface area contributed by atoms with Gasteiger partial charge in [-0.05, 0) is 52.9 Å². The Hall–Kier alpha value is -2.35. The molecule has 0 saturated carbocycles. The zero-order valence-electron chi connectivity index (χ0n) is 12.0. The molecule has 0 aliphatic heterocycles. The summed E-state index contributed by atoms with van der Waals surface area (Å²) in [5.74, 6) is 0.159. The van der Waals surface area contributed by atoms with Crippen LogP contribution in [0, 0.1) is 3.57 Å². The van der Waals surface area contributed by atoms with Crippen LogP contribution in [0.2, 0.25) is 0 Å². The van der Waals surface area contributed by atoms with Gasteiger partial charge in [0.05, 0.1) is 0 Å². The van der Waals surface area contributed by atoms with Gasteiger partial charge in [-0.15, -0.1) is 0 Å². The predicted molar refractivity (Wildman–Crippen MR) is 93.9 cm³/mol. The number of primary amides is 1. The maximum atomic E-state index is 11.0. The quantitative estimate of drug-likeness (QED) is 0.640. The molecule has 0 radical (unpaired) electrons. The molecule has 0 spiro atoms. The van der Waals surface area contributed by atoms with Gasteiger partial charge in [0.1, 0.15) is 18.1 Å². The number of carbonyl (C=O) groups is 1. The first-order valence-corrected chi connectivity index (χ1v) is 7.94. The Balaban J connectivity index is 1.69. The van der Waals surface area contributed by atoms with E-state index in [9.17, 15) is 4.79 Å². The van der Waals surface area contributed by atoms with Crippen LogP contribution in [0.4, 0.5) is 0 Å². The van der Waals surface area contributed by atoms with Crippen molar-refractivity contribution < 1.29 is 14.1 Å². The van der Waals surface area contributed by atoms with Gasteiger partial charge in [-0.1, -0.05) is 23.4 Å². The summed E-state index contributed by atoms with van der Waals surface area (Å²) in [6.07, 6.45) is 0. The van der Waals surface area contributed by atoms with Crippen LogP contribution in [-0.4, -0.2) is 11.1 Å². The van der Waals surface area contributed by atoms with Gasteiger partial charge in [-0.25, -0.2) is 0 Å². The molecule has 5 nitrogen and oxygen atoms in total. The number of aromatic nitrogens is 1. The number of rotatable bonds is 5. The summed E-state index contributed by atoms with van der Waals surface area (Å²) in [5, 5.41) is 3.82. The van der Waals surface area contributed by atoms with Crippen LogP contribution in [0.15, 0.2) is 59.1 Å². The van der Waals surface area contributed by atoms with Crippen LogP contribution in [0.5, 0.6) is 5.75 Å². The number of hydrogen-bond acceptors (Lipinski definition) is 4. The number of benzene rings is 2. The molecule has 3 rings (SSSR count). The van der Waals surface area contributed by atoms with Gasteiger partial charge in [0, 0.05) is 20.8 Å². The Kier molecular flexibility index (Phi) is 4.61. The molecule has 1 aromatic heterocycles. The fraction of sp³-hybridized carbons (Fsp3) is 0.0588. The van der Waals surface area contributed by atoms with E-state index in [1.54, 1.807) is 0 Å². The first-order valence-electron chi connectivity index (χ1n) is 6.86. The molecule has 1 heterocycles. The molecule has 0 atom stereocenters. The lowest BCUT2D eigenvalue weighted by Crippen LogP contribution is -2.09. The van der Waals surface area contributed by atoms with Crippen LogP contribution in [0.25, 0.3) is 11.3 Å². The highest BCUT2D eigenvalue weighted by Crippen LogP contribution is 2.23. The second kappa shape index (κ2) is 6.82. The van der Waals surface area contributed by atoms with E-state index in [4.69, 9.17) is 15.0 Å². The zero-order chi connectivity index (χ0) is 16.2. The molecule has 6 heteroatoms. The highest BCUT2D eigenvalue weighted by Gasteiger charge is 2.10. The van der Waals surface area contributed by atoms with Gasteiger partial charge in [0.2, 0.25) is 5.76 Å². The number of amides is 1. The van der Waals surface area contributed by atoms with Crippen LogP contribution < -0.4 is 10.5 Å². The van der Waals surface area contributed by atoms with E-state index >= 15 is 0 Å². The average molecular weight is 420 g/mol. The topological polar surface area (TPSA) is 78.4 Å². The van der Waals surface area contributed by atoms with E-state index in [-0.39, 0.29) is 5.76 Å². The minimum absolute atomic E-state index is 0.0407. The maximum Gasteiger partial charge on any atom is 0.287 e. The molecule has 23 heavy (non-hydrogen) atoms. The second-order valence-corrected chi connectivity index (χ2v) is 6.01. The average Bonchev–Trinajstić information content (AvgIpc) is 3.05.